The van der Waals surface area contributed by atoms with E-state index in [0.717, 1.165) is 38.5 Å². The van der Waals surface area contributed by atoms with Gasteiger partial charge in [0.15, 0.2) is 5.82 Å². The predicted molar refractivity (Wildman–Crippen MR) is 108 cm³/mol. The summed E-state index contributed by atoms with van der Waals surface area (Å²) >= 11 is 6.21. The number of halogens is 1. The molecule has 4 rings (SSSR count). The molecule has 2 fully saturated rings. The highest BCUT2D eigenvalue weighted by atomic mass is 35.5. The maximum atomic E-state index is 13.1. The fraction of sp³-hybridized carbons (Fsp3) is 0.526. The lowest BCUT2D eigenvalue weighted by molar-refractivity contribution is 0.0949. The van der Waals surface area contributed by atoms with Gasteiger partial charge in [0.1, 0.15) is 11.2 Å². The van der Waals surface area contributed by atoms with Crippen molar-refractivity contribution in [3.8, 4) is 0 Å². The summed E-state index contributed by atoms with van der Waals surface area (Å²) in [5.74, 6) is 0.312. The zero-order chi connectivity index (χ0) is 20.4. The van der Waals surface area contributed by atoms with Crippen LogP contribution in [0.25, 0.3) is 0 Å². The molecule has 1 aromatic heterocycles. The summed E-state index contributed by atoms with van der Waals surface area (Å²) in [6, 6.07) is 4.78. The van der Waals surface area contributed by atoms with Crippen LogP contribution in [-0.2, 0) is 16.6 Å². The van der Waals surface area contributed by atoms with E-state index in [9.17, 15) is 13.2 Å². The molecule has 156 valence electrons. The number of hydrogen-bond acceptors (Lipinski definition) is 5. The Balaban J connectivity index is 1.51. The van der Waals surface area contributed by atoms with E-state index in [-0.39, 0.29) is 27.9 Å². The lowest BCUT2D eigenvalue weighted by Crippen LogP contribution is -2.32. The zero-order valence-electron chi connectivity index (χ0n) is 16.1. The maximum absolute atomic E-state index is 13.1. The number of benzene rings is 1. The van der Waals surface area contributed by atoms with Crippen LogP contribution in [0.1, 0.15) is 60.7 Å². The molecule has 0 atom stereocenters. The van der Waals surface area contributed by atoms with Crippen LogP contribution in [0.4, 0.5) is 0 Å². The minimum atomic E-state index is -3.74. The number of sulfonamides is 1. The van der Waals surface area contributed by atoms with Crippen LogP contribution in [0.2, 0.25) is 5.02 Å². The van der Waals surface area contributed by atoms with Crippen LogP contribution in [-0.4, -0.2) is 46.5 Å². The molecule has 0 spiro atoms. The molecule has 0 radical (unpaired) electrons. The van der Waals surface area contributed by atoms with E-state index in [2.05, 4.69) is 15.5 Å². The van der Waals surface area contributed by atoms with Crippen molar-refractivity contribution >= 4 is 27.5 Å². The Hall–Kier alpha value is -1.97. The number of carbonyl (C=O) groups is 1. The van der Waals surface area contributed by atoms with Gasteiger partial charge in [-0.25, -0.2) is 8.42 Å². The first-order valence-electron chi connectivity index (χ1n) is 9.93. The molecule has 8 nitrogen and oxygen atoms in total. The SMILES string of the molecule is O=C(NCc1nncn1C1CC1)c1ccc(Cl)c(S(=O)(=O)N2CCCCCC2)c1. The first kappa shape index (κ1) is 20.3. The predicted octanol–water partition coefficient (Wildman–Crippen LogP) is 2.76. The van der Waals surface area contributed by atoms with Crippen molar-refractivity contribution in [2.24, 2.45) is 0 Å². The Kier molecular flexibility index (Phi) is 5.89. The number of carbonyl (C=O) groups excluding carboxylic acids is 1. The molecule has 0 bridgehead atoms. The molecule has 29 heavy (non-hydrogen) atoms. The number of nitrogens with one attached hydrogen (secondary N) is 1. The second-order valence-corrected chi connectivity index (χ2v) is 9.85. The Morgan fingerprint density at radius 1 is 1.17 bits per heavy atom. The van der Waals surface area contributed by atoms with E-state index in [1.807, 2.05) is 4.57 Å². The number of amides is 1. The van der Waals surface area contributed by atoms with Crippen LogP contribution in [0, 0.1) is 0 Å². The fourth-order valence-electron chi connectivity index (χ4n) is 3.58. The highest BCUT2D eigenvalue weighted by Crippen LogP contribution is 2.35. The standard InChI is InChI=1S/C19H24ClN5O3S/c20-16-8-5-14(11-17(16)29(27,28)24-9-3-1-2-4-10-24)19(26)21-12-18-23-22-13-25(18)15-6-7-15/h5,8,11,13,15H,1-4,6-7,9-10,12H2,(H,21,26). The fourth-order valence-corrected chi connectivity index (χ4v) is 5.59. The summed E-state index contributed by atoms with van der Waals surface area (Å²) in [6.45, 7) is 1.18. The van der Waals surface area contributed by atoms with Crippen LogP contribution < -0.4 is 5.32 Å². The van der Waals surface area contributed by atoms with E-state index in [0.29, 0.717) is 25.0 Å². The Labute approximate surface area is 175 Å². The molecule has 0 unspecified atom stereocenters. The van der Waals surface area contributed by atoms with Gasteiger partial charge in [-0.15, -0.1) is 10.2 Å². The van der Waals surface area contributed by atoms with Crippen molar-refractivity contribution in [3.05, 3.63) is 40.9 Å². The van der Waals surface area contributed by atoms with Gasteiger partial charge in [0.05, 0.1) is 11.6 Å². The third-order valence-electron chi connectivity index (χ3n) is 5.37. The summed E-state index contributed by atoms with van der Waals surface area (Å²) in [5.41, 5.74) is 0.250. The highest BCUT2D eigenvalue weighted by Gasteiger charge is 2.29. The van der Waals surface area contributed by atoms with Gasteiger partial charge >= 0.3 is 0 Å². The molecule has 2 heterocycles. The monoisotopic (exact) mass is 437 g/mol. The third-order valence-corrected chi connectivity index (χ3v) is 7.75. The van der Waals surface area contributed by atoms with Gasteiger partial charge in [-0.2, -0.15) is 4.31 Å². The largest absolute Gasteiger partial charge is 0.345 e. The molecule has 1 amide bonds. The van der Waals surface area contributed by atoms with Crippen LogP contribution in [0.3, 0.4) is 0 Å². The highest BCUT2D eigenvalue weighted by molar-refractivity contribution is 7.89. The van der Waals surface area contributed by atoms with Gasteiger partial charge in [-0.1, -0.05) is 24.4 Å². The smallest absolute Gasteiger partial charge is 0.251 e. The van der Waals surface area contributed by atoms with Crippen LogP contribution in [0.5, 0.6) is 0 Å². The molecule has 2 aromatic rings. The van der Waals surface area contributed by atoms with Crippen molar-refractivity contribution in [1.82, 2.24) is 24.4 Å². The summed E-state index contributed by atoms with van der Waals surface area (Å²) in [6.07, 6.45) is 7.56. The molecule has 1 aliphatic heterocycles. The molecule has 2 aliphatic rings. The minimum Gasteiger partial charge on any atom is -0.345 e. The second kappa shape index (κ2) is 8.41. The number of nitrogens with zero attached hydrogens (tertiary/aromatic N) is 4. The van der Waals surface area contributed by atoms with Crippen LogP contribution in [0.15, 0.2) is 29.4 Å². The Morgan fingerprint density at radius 3 is 2.59 bits per heavy atom. The molecule has 1 saturated carbocycles. The summed E-state index contributed by atoms with van der Waals surface area (Å²) in [7, 11) is -3.74. The van der Waals surface area contributed by atoms with Crippen LogP contribution >= 0.6 is 11.6 Å². The number of aromatic nitrogens is 3. The lowest BCUT2D eigenvalue weighted by atomic mass is 10.2. The maximum Gasteiger partial charge on any atom is 0.251 e. The summed E-state index contributed by atoms with van der Waals surface area (Å²) in [5, 5.41) is 10.9. The van der Waals surface area contributed by atoms with Crippen molar-refractivity contribution in [2.45, 2.75) is 56.0 Å². The summed E-state index contributed by atoms with van der Waals surface area (Å²) in [4.78, 5) is 12.6. The number of hydrogen-bond donors (Lipinski definition) is 1. The van der Waals surface area contributed by atoms with Gasteiger partial charge in [-0.05, 0) is 43.9 Å². The van der Waals surface area contributed by atoms with E-state index >= 15 is 0 Å². The molecule has 1 aliphatic carbocycles. The molecule has 1 saturated heterocycles. The normalized spacial score (nSPS) is 18.4. The quantitative estimate of drug-likeness (QED) is 0.749. The van der Waals surface area contributed by atoms with Crippen molar-refractivity contribution in [2.75, 3.05) is 13.1 Å². The molecule has 10 heteroatoms. The average molecular weight is 438 g/mol. The lowest BCUT2D eigenvalue weighted by Gasteiger charge is -2.21. The minimum absolute atomic E-state index is 0.0186. The second-order valence-electron chi connectivity index (χ2n) is 7.53. The van der Waals surface area contributed by atoms with E-state index in [1.54, 1.807) is 6.33 Å². The topological polar surface area (TPSA) is 97.2 Å². The van der Waals surface area contributed by atoms with Crippen molar-refractivity contribution in [1.29, 1.82) is 0 Å². The molecule has 1 N–H and O–H groups in total. The van der Waals surface area contributed by atoms with E-state index in [1.165, 1.54) is 22.5 Å². The molecule has 1 aromatic carbocycles. The van der Waals surface area contributed by atoms with Gasteiger partial charge in [0.25, 0.3) is 5.91 Å². The zero-order valence-corrected chi connectivity index (χ0v) is 17.6. The van der Waals surface area contributed by atoms with E-state index in [4.69, 9.17) is 11.6 Å². The van der Waals surface area contributed by atoms with Gasteiger partial charge in [-0.3, -0.25) is 4.79 Å². The third kappa shape index (κ3) is 4.46. The first-order chi connectivity index (χ1) is 14.0. The Morgan fingerprint density at radius 2 is 1.90 bits per heavy atom. The first-order valence-corrected chi connectivity index (χ1v) is 11.7. The summed E-state index contributed by atoms with van der Waals surface area (Å²) < 4.78 is 29.6. The number of rotatable bonds is 6. The van der Waals surface area contributed by atoms with Crippen molar-refractivity contribution < 1.29 is 13.2 Å². The average Bonchev–Trinajstić information content (AvgIpc) is 3.50. The van der Waals surface area contributed by atoms with Gasteiger partial charge in [0, 0.05) is 24.7 Å². The Bertz CT molecular complexity index is 995. The molecular formula is C19H24ClN5O3S. The van der Waals surface area contributed by atoms with Gasteiger partial charge in [0.2, 0.25) is 10.0 Å². The van der Waals surface area contributed by atoms with Crippen molar-refractivity contribution in [3.63, 3.8) is 0 Å². The van der Waals surface area contributed by atoms with Gasteiger partial charge < -0.3 is 9.88 Å². The van der Waals surface area contributed by atoms with E-state index < -0.39 is 10.0 Å². The molecular weight excluding hydrogens is 414 g/mol.